The van der Waals surface area contributed by atoms with E-state index in [-0.39, 0.29) is 5.56 Å². The molecule has 0 bridgehead atoms. The van der Waals surface area contributed by atoms with Gasteiger partial charge >= 0.3 is 5.97 Å². The highest BCUT2D eigenvalue weighted by Crippen LogP contribution is 2.28. The number of aryl methyl sites for hydroxylation is 1. The quantitative estimate of drug-likeness (QED) is 0.901. The molecule has 0 radical (unpaired) electrons. The zero-order valence-electron chi connectivity index (χ0n) is 9.42. The Morgan fingerprint density at radius 2 is 2.12 bits per heavy atom. The highest BCUT2D eigenvalue weighted by molar-refractivity contribution is 9.10. The number of carbonyl (C=O) groups is 1. The molecule has 1 N–H and O–H groups in total. The molecule has 0 heterocycles. The van der Waals surface area contributed by atoms with Crippen molar-refractivity contribution in [1.82, 2.24) is 0 Å². The van der Waals surface area contributed by atoms with Crippen molar-refractivity contribution in [2.24, 2.45) is 0 Å². The Hall–Kier alpha value is -1.03. The molecule has 3 nitrogen and oxygen atoms in total. The van der Waals surface area contributed by atoms with Gasteiger partial charge in [-0.25, -0.2) is 4.79 Å². The van der Waals surface area contributed by atoms with E-state index in [1.165, 1.54) is 0 Å². The zero-order chi connectivity index (χ0) is 12.1. The van der Waals surface area contributed by atoms with Crippen LogP contribution in [-0.2, 0) is 6.42 Å². The molecule has 0 saturated heterocycles. The smallest absolute Gasteiger partial charge is 0.339 e. The minimum Gasteiger partial charge on any atom is -0.493 e. The first-order chi connectivity index (χ1) is 7.60. The second-order valence-electron chi connectivity index (χ2n) is 3.43. The number of hydrogen-bond donors (Lipinski definition) is 1. The molecular formula is C12H15BrO3. The Morgan fingerprint density at radius 3 is 2.62 bits per heavy atom. The predicted molar refractivity (Wildman–Crippen MR) is 66.3 cm³/mol. The van der Waals surface area contributed by atoms with Gasteiger partial charge in [-0.2, -0.15) is 0 Å². The SMILES string of the molecule is CCCc1cc(Br)cc(OCC)c1C(=O)O. The van der Waals surface area contributed by atoms with Crippen LogP contribution in [0.4, 0.5) is 0 Å². The molecule has 0 aliphatic carbocycles. The van der Waals surface area contributed by atoms with Crippen molar-refractivity contribution in [3.05, 3.63) is 27.7 Å². The molecular weight excluding hydrogens is 272 g/mol. The molecule has 4 heteroatoms. The Morgan fingerprint density at radius 1 is 1.44 bits per heavy atom. The lowest BCUT2D eigenvalue weighted by Crippen LogP contribution is -2.07. The van der Waals surface area contributed by atoms with Crippen molar-refractivity contribution >= 4 is 21.9 Å². The van der Waals surface area contributed by atoms with Gasteiger partial charge in [0.25, 0.3) is 0 Å². The van der Waals surface area contributed by atoms with E-state index in [0.717, 1.165) is 22.9 Å². The molecule has 0 fully saturated rings. The number of aromatic carboxylic acids is 1. The summed E-state index contributed by atoms with van der Waals surface area (Å²) in [6, 6.07) is 3.54. The summed E-state index contributed by atoms with van der Waals surface area (Å²) in [5.41, 5.74) is 1.10. The maximum atomic E-state index is 11.2. The van der Waals surface area contributed by atoms with Gasteiger partial charge in [0.2, 0.25) is 0 Å². The minimum atomic E-state index is -0.931. The average molecular weight is 287 g/mol. The number of hydrogen-bond acceptors (Lipinski definition) is 2. The number of halogens is 1. The van der Waals surface area contributed by atoms with Gasteiger partial charge in [-0.15, -0.1) is 0 Å². The Kier molecular flexibility index (Phi) is 4.80. The highest BCUT2D eigenvalue weighted by Gasteiger charge is 2.17. The van der Waals surface area contributed by atoms with E-state index >= 15 is 0 Å². The fourth-order valence-electron chi connectivity index (χ4n) is 1.61. The van der Waals surface area contributed by atoms with E-state index in [1.54, 1.807) is 6.07 Å². The normalized spacial score (nSPS) is 10.2. The first kappa shape index (κ1) is 13.0. The largest absolute Gasteiger partial charge is 0.493 e. The lowest BCUT2D eigenvalue weighted by Gasteiger charge is -2.12. The van der Waals surface area contributed by atoms with Crippen molar-refractivity contribution in [3.8, 4) is 5.75 Å². The van der Waals surface area contributed by atoms with Crippen LogP contribution in [-0.4, -0.2) is 17.7 Å². The van der Waals surface area contributed by atoms with Crippen LogP contribution in [0.2, 0.25) is 0 Å². The second-order valence-corrected chi connectivity index (χ2v) is 4.34. The van der Waals surface area contributed by atoms with Crippen LogP contribution < -0.4 is 4.74 Å². The fourth-order valence-corrected chi connectivity index (χ4v) is 2.10. The Bertz CT molecular complexity index is 361. The van der Waals surface area contributed by atoms with E-state index in [2.05, 4.69) is 15.9 Å². The third-order valence-corrected chi connectivity index (χ3v) is 2.64. The molecule has 0 aromatic heterocycles. The first-order valence-electron chi connectivity index (χ1n) is 5.28. The summed E-state index contributed by atoms with van der Waals surface area (Å²) in [7, 11) is 0. The number of ether oxygens (including phenoxy) is 1. The zero-order valence-corrected chi connectivity index (χ0v) is 11.0. The van der Waals surface area contributed by atoms with Crippen LogP contribution in [0.3, 0.4) is 0 Å². The third kappa shape index (κ3) is 2.98. The van der Waals surface area contributed by atoms with E-state index in [1.807, 2.05) is 19.9 Å². The van der Waals surface area contributed by atoms with E-state index in [9.17, 15) is 9.90 Å². The summed E-state index contributed by atoms with van der Waals surface area (Å²) in [4.78, 5) is 11.2. The molecule has 0 saturated carbocycles. The second kappa shape index (κ2) is 5.89. The molecule has 0 atom stereocenters. The minimum absolute atomic E-state index is 0.284. The van der Waals surface area contributed by atoms with Gasteiger partial charge in [0.15, 0.2) is 0 Å². The molecule has 0 amide bonds. The van der Waals surface area contributed by atoms with Crippen LogP contribution in [0.25, 0.3) is 0 Å². The van der Waals surface area contributed by atoms with E-state index < -0.39 is 5.97 Å². The van der Waals surface area contributed by atoms with Crippen molar-refractivity contribution in [2.45, 2.75) is 26.7 Å². The first-order valence-corrected chi connectivity index (χ1v) is 6.07. The molecule has 16 heavy (non-hydrogen) atoms. The standard InChI is InChI=1S/C12H15BrO3/c1-3-5-8-6-9(13)7-10(16-4-2)11(8)12(14)15/h6-7H,3-5H2,1-2H3,(H,14,15). The number of rotatable bonds is 5. The third-order valence-electron chi connectivity index (χ3n) is 2.18. The molecule has 0 aliphatic rings. The average Bonchev–Trinajstić information content (AvgIpc) is 2.17. The lowest BCUT2D eigenvalue weighted by atomic mass is 10.0. The van der Waals surface area contributed by atoms with Gasteiger partial charge in [0.1, 0.15) is 11.3 Å². The fraction of sp³-hybridized carbons (Fsp3) is 0.417. The van der Waals surface area contributed by atoms with Gasteiger partial charge in [-0.05, 0) is 31.0 Å². The molecule has 0 unspecified atom stereocenters. The van der Waals surface area contributed by atoms with Gasteiger partial charge in [0, 0.05) is 4.47 Å². The van der Waals surface area contributed by atoms with Crippen LogP contribution in [0.5, 0.6) is 5.75 Å². The van der Waals surface area contributed by atoms with Crippen molar-refractivity contribution in [1.29, 1.82) is 0 Å². The van der Waals surface area contributed by atoms with Gasteiger partial charge in [-0.1, -0.05) is 29.3 Å². The van der Waals surface area contributed by atoms with Crippen LogP contribution in [0.1, 0.15) is 36.2 Å². The molecule has 0 aliphatic heterocycles. The van der Waals surface area contributed by atoms with Crippen molar-refractivity contribution in [2.75, 3.05) is 6.61 Å². The van der Waals surface area contributed by atoms with Crippen LogP contribution >= 0.6 is 15.9 Å². The van der Waals surface area contributed by atoms with Gasteiger partial charge in [-0.3, -0.25) is 0 Å². The summed E-state index contributed by atoms with van der Waals surface area (Å²) < 4.78 is 6.21. The van der Waals surface area contributed by atoms with E-state index in [4.69, 9.17) is 4.74 Å². The molecule has 1 aromatic carbocycles. The number of carboxylic acid groups (broad SMARTS) is 1. The van der Waals surface area contributed by atoms with Crippen molar-refractivity contribution in [3.63, 3.8) is 0 Å². The van der Waals surface area contributed by atoms with E-state index in [0.29, 0.717) is 12.4 Å². The summed E-state index contributed by atoms with van der Waals surface area (Å²) in [5.74, 6) is -0.493. The summed E-state index contributed by atoms with van der Waals surface area (Å²) in [5, 5.41) is 9.20. The summed E-state index contributed by atoms with van der Waals surface area (Å²) in [6.07, 6.45) is 1.64. The highest BCUT2D eigenvalue weighted by atomic mass is 79.9. The monoisotopic (exact) mass is 286 g/mol. The molecule has 88 valence electrons. The number of carboxylic acids is 1. The lowest BCUT2D eigenvalue weighted by molar-refractivity contribution is 0.0691. The predicted octanol–water partition coefficient (Wildman–Crippen LogP) is 3.50. The maximum absolute atomic E-state index is 11.2. The van der Waals surface area contributed by atoms with Crippen LogP contribution in [0, 0.1) is 0 Å². The summed E-state index contributed by atoms with van der Waals surface area (Å²) in [6.45, 7) is 4.32. The molecule has 0 spiro atoms. The molecule has 1 rings (SSSR count). The van der Waals surface area contributed by atoms with Gasteiger partial charge in [0.05, 0.1) is 6.61 Å². The number of benzene rings is 1. The van der Waals surface area contributed by atoms with Crippen molar-refractivity contribution < 1.29 is 14.6 Å². The summed E-state index contributed by atoms with van der Waals surface area (Å²) >= 11 is 3.36. The Balaban J connectivity index is 3.29. The van der Waals surface area contributed by atoms with Crippen LogP contribution in [0.15, 0.2) is 16.6 Å². The van der Waals surface area contributed by atoms with Gasteiger partial charge < -0.3 is 9.84 Å². The molecule has 1 aromatic rings. The topological polar surface area (TPSA) is 46.5 Å². The maximum Gasteiger partial charge on any atom is 0.339 e. The Labute approximate surface area is 104 Å².